The van der Waals surface area contributed by atoms with Crippen LogP contribution in [0.4, 0.5) is 0 Å². The van der Waals surface area contributed by atoms with Crippen molar-refractivity contribution >= 4 is 0 Å². The third-order valence-corrected chi connectivity index (χ3v) is 7.94. The van der Waals surface area contributed by atoms with Gasteiger partial charge in [0.2, 0.25) is 0 Å². The highest BCUT2D eigenvalue weighted by atomic mass is 14.7. The molecule has 0 amide bonds. The topological polar surface area (TPSA) is 0 Å². The zero-order chi connectivity index (χ0) is 11.3. The normalized spacial score (nSPS) is 70.0. The first-order valence-corrected chi connectivity index (χ1v) is 7.94. The van der Waals surface area contributed by atoms with E-state index >= 15 is 0 Å². The molecule has 5 aliphatic carbocycles. The van der Waals surface area contributed by atoms with Crippen molar-refractivity contribution in [3.63, 3.8) is 0 Å². The van der Waals surface area contributed by atoms with Crippen LogP contribution < -0.4 is 0 Å². The quantitative estimate of drug-likeness (QED) is 0.550. The van der Waals surface area contributed by atoms with Gasteiger partial charge in [0.05, 0.1) is 0 Å². The van der Waals surface area contributed by atoms with E-state index in [0.717, 1.165) is 59.2 Å². The summed E-state index contributed by atoms with van der Waals surface area (Å²) >= 11 is 0. The van der Waals surface area contributed by atoms with Gasteiger partial charge >= 0.3 is 0 Å². The Balaban J connectivity index is 1.56. The first kappa shape index (κ1) is 9.64. The summed E-state index contributed by atoms with van der Waals surface area (Å²) in [6, 6.07) is 0. The zero-order valence-electron chi connectivity index (χ0n) is 11.0. The van der Waals surface area contributed by atoms with Gasteiger partial charge in [-0.15, -0.1) is 0 Å². The Labute approximate surface area is 105 Å². The maximum absolute atomic E-state index is 2.59. The van der Waals surface area contributed by atoms with Gasteiger partial charge in [-0.2, -0.15) is 0 Å². The molecule has 4 fully saturated rings. The van der Waals surface area contributed by atoms with Crippen molar-refractivity contribution in [3.8, 4) is 0 Å². The Kier molecular flexibility index (Phi) is 1.61. The highest BCUT2D eigenvalue weighted by Crippen LogP contribution is 2.71. The van der Waals surface area contributed by atoms with Crippen molar-refractivity contribution in [3.05, 3.63) is 12.2 Å². The SMILES string of the molecule is CC1C(C)C2CC1C1CC3C4C=CC(C4)C3C21. The predicted molar refractivity (Wildman–Crippen MR) is 69.2 cm³/mol. The van der Waals surface area contributed by atoms with E-state index in [1.807, 2.05) is 0 Å². The second-order valence-electron chi connectivity index (χ2n) is 7.95. The fourth-order valence-corrected chi connectivity index (χ4v) is 7.28. The maximum Gasteiger partial charge on any atom is -0.0194 e. The predicted octanol–water partition coefficient (Wildman–Crippen LogP) is 3.98. The minimum atomic E-state index is 1.00. The molecule has 0 nitrogen and oxygen atoms in total. The molecule has 4 bridgehead atoms. The van der Waals surface area contributed by atoms with Crippen molar-refractivity contribution in [2.75, 3.05) is 0 Å². The van der Waals surface area contributed by atoms with Crippen molar-refractivity contribution in [1.29, 1.82) is 0 Å². The van der Waals surface area contributed by atoms with Crippen LogP contribution in [0.25, 0.3) is 0 Å². The number of hydrogen-bond donors (Lipinski definition) is 0. The van der Waals surface area contributed by atoms with E-state index in [0.29, 0.717) is 0 Å². The van der Waals surface area contributed by atoms with Crippen LogP contribution in [-0.2, 0) is 0 Å². The molecule has 10 unspecified atom stereocenters. The number of allylic oxidation sites excluding steroid dienone is 2. The van der Waals surface area contributed by atoms with Crippen molar-refractivity contribution in [2.45, 2.75) is 33.1 Å². The van der Waals surface area contributed by atoms with Crippen LogP contribution in [0.1, 0.15) is 33.1 Å². The van der Waals surface area contributed by atoms with Gasteiger partial charge in [-0.1, -0.05) is 26.0 Å². The molecule has 0 spiro atoms. The molecule has 0 N–H and O–H groups in total. The average molecular weight is 228 g/mol. The third kappa shape index (κ3) is 0.923. The van der Waals surface area contributed by atoms with Gasteiger partial charge in [-0.05, 0) is 78.4 Å². The molecule has 0 saturated heterocycles. The number of fused-ring (bicyclic) bond motifs is 11. The van der Waals surface area contributed by atoms with Gasteiger partial charge in [-0.25, -0.2) is 0 Å². The summed E-state index contributed by atoms with van der Waals surface area (Å²) in [5, 5.41) is 0. The minimum absolute atomic E-state index is 1.00. The zero-order valence-corrected chi connectivity index (χ0v) is 11.0. The number of rotatable bonds is 0. The monoisotopic (exact) mass is 228 g/mol. The Hall–Kier alpha value is -0.260. The van der Waals surface area contributed by atoms with Crippen molar-refractivity contribution in [2.24, 2.45) is 59.2 Å². The van der Waals surface area contributed by atoms with Gasteiger partial charge in [0.25, 0.3) is 0 Å². The van der Waals surface area contributed by atoms with Crippen LogP contribution in [0.5, 0.6) is 0 Å². The summed E-state index contributed by atoms with van der Waals surface area (Å²) < 4.78 is 0. The Bertz CT molecular complexity index is 395. The van der Waals surface area contributed by atoms with Crippen LogP contribution in [0.2, 0.25) is 0 Å². The molecule has 10 atom stereocenters. The maximum atomic E-state index is 2.59. The molecular formula is C17H24. The minimum Gasteiger partial charge on any atom is -0.0848 e. The summed E-state index contributed by atoms with van der Waals surface area (Å²) in [6.45, 7) is 5.11. The molecule has 0 heterocycles. The largest absolute Gasteiger partial charge is 0.0848 e. The van der Waals surface area contributed by atoms with Crippen LogP contribution >= 0.6 is 0 Å². The molecule has 4 saturated carbocycles. The fraction of sp³-hybridized carbons (Fsp3) is 0.882. The van der Waals surface area contributed by atoms with E-state index in [-0.39, 0.29) is 0 Å². The van der Waals surface area contributed by atoms with E-state index in [2.05, 4.69) is 26.0 Å². The smallest absolute Gasteiger partial charge is 0.0194 e. The van der Waals surface area contributed by atoms with Crippen LogP contribution in [0, 0.1) is 59.2 Å². The molecule has 5 rings (SSSR count). The first-order valence-electron chi connectivity index (χ1n) is 7.94. The number of hydrogen-bond acceptors (Lipinski definition) is 0. The summed E-state index contributed by atoms with van der Waals surface area (Å²) in [5.41, 5.74) is 0. The molecule has 0 aliphatic heterocycles. The van der Waals surface area contributed by atoms with Crippen molar-refractivity contribution < 1.29 is 0 Å². The lowest BCUT2D eigenvalue weighted by atomic mass is 9.67. The summed E-state index contributed by atoms with van der Waals surface area (Å²) in [5.74, 6) is 10.8. The second kappa shape index (κ2) is 2.83. The molecular weight excluding hydrogens is 204 g/mol. The van der Waals surface area contributed by atoms with E-state index in [4.69, 9.17) is 0 Å². The highest BCUT2D eigenvalue weighted by Gasteiger charge is 2.65. The third-order valence-electron chi connectivity index (χ3n) is 7.94. The van der Waals surface area contributed by atoms with Gasteiger partial charge in [0.15, 0.2) is 0 Å². The second-order valence-corrected chi connectivity index (χ2v) is 7.95. The van der Waals surface area contributed by atoms with E-state index < -0.39 is 0 Å². The first-order chi connectivity index (χ1) is 8.25. The lowest BCUT2D eigenvalue weighted by Crippen LogP contribution is -2.33. The molecule has 0 radical (unpaired) electrons. The van der Waals surface area contributed by atoms with Crippen LogP contribution in [0.3, 0.4) is 0 Å². The van der Waals surface area contributed by atoms with Crippen LogP contribution in [-0.4, -0.2) is 0 Å². The van der Waals surface area contributed by atoms with Gasteiger partial charge in [0, 0.05) is 0 Å². The molecule has 17 heavy (non-hydrogen) atoms. The standard InChI is InChI=1S/C17H24/c1-8-9(2)13-6-12(8)15-7-14-10-3-4-11(5-10)16(14)17(13)15/h3-4,8-17H,5-7H2,1-2H3. The lowest BCUT2D eigenvalue weighted by Gasteiger charge is -2.38. The van der Waals surface area contributed by atoms with Gasteiger partial charge in [0.1, 0.15) is 0 Å². The summed E-state index contributed by atoms with van der Waals surface area (Å²) in [7, 11) is 0. The van der Waals surface area contributed by atoms with E-state index in [1.54, 1.807) is 12.8 Å². The van der Waals surface area contributed by atoms with Gasteiger partial charge in [-0.3, -0.25) is 0 Å². The van der Waals surface area contributed by atoms with E-state index in [9.17, 15) is 0 Å². The molecule has 0 aromatic rings. The highest BCUT2D eigenvalue weighted by molar-refractivity contribution is 5.21. The van der Waals surface area contributed by atoms with Gasteiger partial charge < -0.3 is 0 Å². The summed E-state index contributed by atoms with van der Waals surface area (Å²) in [4.78, 5) is 0. The fourth-order valence-electron chi connectivity index (χ4n) is 7.28. The molecule has 0 aromatic heterocycles. The Morgan fingerprint density at radius 1 is 0.647 bits per heavy atom. The Morgan fingerprint density at radius 2 is 1.35 bits per heavy atom. The van der Waals surface area contributed by atoms with Crippen LogP contribution in [0.15, 0.2) is 12.2 Å². The molecule has 92 valence electrons. The van der Waals surface area contributed by atoms with Crippen molar-refractivity contribution in [1.82, 2.24) is 0 Å². The summed E-state index contributed by atoms with van der Waals surface area (Å²) in [6.07, 6.45) is 9.90. The molecule has 5 aliphatic rings. The van der Waals surface area contributed by atoms with E-state index in [1.165, 1.54) is 6.42 Å². The Morgan fingerprint density at radius 3 is 2.24 bits per heavy atom. The lowest BCUT2D eigenvalue weighted by molar-refractivity contribution is 0.102. The average Bonchev–Trinajstić information content (AvgIpc) is 3.03. The molecule has 0 aromatic carbocycles. The molecule has 0 heteroatoms.